The van der Waals surface area contributed by atoms with Crippen molar-refractivity contribution in [2.75, 3.05) is 0 Å². The summed E-state index contributed by atoms with van der Waals surface area (Å²) in [5.41, 5.74) is 5.78. The summed E-state index contributed by atoms with van der Waals surface area (Å²) < 4.78 is 0. The molecule has 11 heteroatoms. The van der Waals surface area contributed by atoms with Gasteiger partial charge in [-0.15, -0.1) is 0 Å². The van der Waals surface area contributed by atoms with Gasteiger partial charge in [0.2, 0.25) is 0 Å². The van der Waals surface area contributed by atoms with Gasteiger partial charge in [0, 0.05) is 51.8 Å². The number of aliphatic carboxylic acids is 1. The van der Waals surface area contributed by atoms with Crippen molar-refractivity contribution in [1.82, 2.24) is 39.9 Å². The van der Waals surface area contributed by atoms with Crippen LogP contribution < -0.4 is 9.97 Å². The molecule has 3 aromatic heterocycles. The van der Waals surface area contributed by atoms with E-state index in [0.29, 0.717) is 45.9 Å². The normalized spacial score (nSPS) is 11.2. The summed E-state index contributed by atoms with van der Waals surface area (Å²) in [6.45, 7) is 1.08. The zero-order valence-corrected chi connectivity index (χ0v) is 25.8. The Morgan fingerprint density at radius 2 is 0.689 bits per heavy atom. The van der Waals surface area contributed by atoms with E-state index < -0.39 is 5.97 Å². The van der Waals surface area contributed by atoms with Gasteiger partial charge in [-0.25, -0.2) is 9.97 Å². The second kappa shape index (κ2) is 11.5. The van der Waals surface area contributed by atoms with Crippen LogP contribution in [0.4, 0.5) is 0 Å². The van der Waals surface area contributed by atoms with E-state index in [1.165, 1.54) is 0 Å². The molecule has 9 rings (SSSR count). The summed E-state index contributed by atoms with van der Waals surface area (Å²) in [7, 11) is 0. The van der Waals surface area contributed by atoms with Crippen molar-refractivity contribution in [3.63, 3.8) is 0 Å². The van der Waals surface area contributed by atoms with Gasteiger partial charge in [-0.05, 0) is 21.5 Å². The zero-order chi connectivity index (χ0) is 29.8. The van der Waals surface area contributed by atoms with Gasteiger partial charge in [-0.2, -0.15) is 0 Å². The molecule has 8 bridgehead atoms. The minimum atomic E-state index is -0.833. The van der Waals surface area contributed by atoms with E-state index in [0.717, 1.165) is 50.7 Å². The van der Waals surface area contributed by atoms with Crippen molar-refractivity contribution in [1.29, 1.82) is 0 Å². The Hall–Kier alpha value is -4.97. The van der Waals surface area contributed by atoms with E-state index in [9.17, 15) is 0 Å². The van der Waals surface area contributed by atoms with E-state index in [1.807, 2.05) is 97.1 Å². The first-order valence-corrected chi connectivity index (χ1v) is 13.8. The summed E-state index contributed by atoms with van der Waals surface area (Å²) >= 11 is 0. The van der Waals surface area contributed by atoms with Crippen LogP contribution in [-0.2, 0) is 4.79 Å². The van der Waals surface area contributed by atoms with Gasteiger partial charge in [0.05, 0.1) is 23.3 Å². The third kappa shape index (κ3) is 5.04. The molecule has 0 aliphatic carbocycles. The number of hydrogen-bond donors (Lipinski definition) is 1. The van der Waals surface area contributed by atoms with Crippen LogP contribution in [-0.4, -0.2) is 41.0 Å². The molecule has 45 heavy (non-hydrogen) atoms. The SMILES string of the molecule is CC(=O)O.[Gd+2].c1ccc2c(c1)-c1nc-2nc2[n-]c(nc3nc(nc4[n-]c(n1)c1ccccc41)-c1ccccc1-3)c1ccccc21. The Morgan fingerprint density at radius 1 is 0.467 bits per heavy atom. The molecule has 4 aromatic carbocycles. The largest absolute Gasteiger partial charge is 2.00 e. The third-order valence-corrected chi connectivity index (χ3v) is 7.33. The first-order valence-electron chi connectivity index (χ1n) is 13.8. The Bertz CT molecular complexity index is 2140. The van der Waals surface area contributed by atoms with Crippen molar-refractivity contribution in [3.05, 3.63) is 97.1 Å². The molecule has 2 aliphatic rings. The number of rotatable bonds is 0. The van der Waals surface area contributed by atoms with Gasteiger partial charge in [-0.1, -0.05) is 97.1 Å². The Balaban J connectivity index is 0.000000617. The van der Waals surface area contributed by atoms with Gasteiger partial charge in [0.25, 0.3) is 5.97 Å². The minimum absolute atomic E-state index is 0. The number of carboxylic acids is 1. The molecular weight excluding hydrogens is 710 g/mol. The predicted molar refractivity (Wildman–Crippen MR) is 167 cm³/mol. The number of nitrogens with zero attached hydrogens (tertiary/aromatic N) is 8. The molecule has 0 spiro atoms. The number of fused-ring (bicyclic) bond motifs is 20. The van der Waals surface area contributed by atoms with Gasteiger partial charge in [-0.3, -0.25) is 4.79 Å². The third-order valence-electron chi connectivity index (χ3n) is 7.33. The quantitative estimate of drug-likeness (QED) is 0.191. The number of carboxylic acid groups (broad SMARTS) is 1. The fourth-order valence-corrected chi connectivity index (χ4v) is 5.46. The second-order valence-corrected chi connectivity index (χ2v) is 10.2. The maximum Gasteiger partial charge on any atom is 2.00 e. The van der Waals surface area contributed by atoms with Gasteiger partial charge in [0.1, 0.15) is 0 Å². The van der Waals surface area contributed by atoms with Crippen LogP contribution in [0.2, 0.25) is 0 Å². The molecule has 5 heterocycles. The van der Waals surface area contributed by atoms with E-state index >= 15 is 0 Å². The number of benzene rings is 4. The van der Waals surface area contributed by atoms with E-state index in [-0.39, 0.29) is 39.9 Å². The monoisotopic (exact) mass is 730 g/mol. The molecule has 10 nitrogen and oxygen atoms in total. The summed E-state index contributed by atoms with van der Waals surface area (Å²) in [5.74, 6) is 1.37. The molecule has 1 N–H and O–H groups in total. The molecule has 0 amide bonds. The van der Waals surface area contributed by atoms with Crippen LogP contribution in [0.15, 0.2) is 97.1 Å². The van der Waals surface area contributed by atoms with E-state index in [1.54, 1.807) is 0 Å². The fourth-order valence-electron chi connectivity index (χ4n) is 5.46. The maximum atomic E-state index is 9.00. The molecule has 0 unspecified atom stereocenters. The number of hydrogen-bond acceptors (Lipinski definition) is 7. The summed E-state index contributed by atoms with van der Waals surface area (Å²) in [6, 6.07) is 31.8. The molecule has 0 fully saturated rings. The number of aromatic nitrogens is 8. The van der Waals surface area contributed by atoms with Crippen molar-refractivity contribution >= 4 is 50.1 Å². The molecule has 7 aromatic rings. The van der Waals surface area contributed by atoms with Gasteiger partial charge < -0.3 is 35.0 Å². The van der Waals surface area contributed by atoms with Crippen LogP contribution >= 0.6 is 0 Å². The van der Waals surface area contributed by atoms with Crippen molar-refractivity contribution < 1.29 is 49.8 Å². The smallest absolute Gasteiger partial charge is 0.481 e. The molecule has 0 saturated heterocycles. The predicted octanol–water partition coefficient (Wildman–Crippen LogP) is 6.22. The van der Waals surface area contributed by atoms with E-state index in [4.69, 9.17) is 49.8 Å². The molecule has 0 radical (unpaired) electrons. The van der Waals surface area contributed by atoms with Crippen molar-refractivity contribution in [3.8, 4) is 45.6 Å². The Morgan fingerprint density at radius 3 is 0.933 bits per heavy atom. The van der Waals surface area contributed by atoms with Gasteiger partial charge >= 0.3 is 39.9 Å². The van der Waals surface area contributed by atoms with E-state index in [2.05, 4.69) is 0 Å². The summed E-state index contributed by atoms with van der Waals surface area (Å²) in [5, 5.41) is 11.0. The molecule has 2 aliphatic heterocycles. The minimum Gasteiger partial charge on any atom is -0.481 e. The van der Waals surface area contributed by atoms with Crippen LogP contribution in [0.25, 0.3) is 89.7 Å². The van der Waals surface area contributed by atoms with Crippen LogP contribution in [0.1, 0.15) is 6.92 Å². The van der Waals surface area contributed by atoms with Crippen LogP contribution in [0.5, 0.6) is 0 Å². The summed E-state index contributed by atoms with van der Waals surface area (Å²) in [4.78, 5) is 48.3. The molecule has 0 atom stereocenters. The van der Waals surface area contributed by atoms with Crippen LogP contribution in [0, 0.1) is 39.9 Å². The topological polar surface area (TPSA) is 143 Å². The maximum absolute atomic E-state index is 9.00. The average Bonchev–Trinajstić information content (AvgIpc) is 3.76. The summed E-state index contributed by atoms with van der Waals surface area (Å²) in [6.07, 6.45) is 0. The number of carbonyl (C=O) groups is 1. The van der Waals surface area contributed by atoms with Crippen molar-refractivity contribution in [2.45, 2.75) is 6.92 Å². The zero-order valence-electron chi connectivity index (χ0n) is 23.5. The van der Waals surface area contributed by atoms with Crippen LogP contribution in [0.3, 0.4) is 0 Å². The first-order chi connectivity index (χ1) is 21.5. The standard InChI is InChI=1S/C32H16N8.C2H4O2.Gd/c1-2-10-18-17(9-1)25-33-26(18)38-28-21-13-5-6-14-22(21)30(35-28)40-32-24-16-8-7-15-23(24)31(36-32)39-29-20-12-4-3-11-19(20)27(34-29)37-25;1-2(3)4;/h1-16H;1H3,(H,3,4);/q-2;;+2. The molecule has 216 valence electrons. The van der Waals surface area contributed by atoms with Crippen molar-refractivity contribution in [2.24, 2.45) is 0 Å². The molecule has 0 saturated carbocycles. The Kier molecular flexibility index (Phi) is 7.36. The molecular formula is C34H20GdN8O2. The second-order valence-electron chi connectivity index (χ2n) is 10.2. The Labute approximate surface area is 287 Å². The average molecular weight is 730 g/mol. The first kappa shape index (κ1) is 28.8. The fraction of sp³-hybridized carbons (Fsp3) is 0.0294. The van der Waals surface area contributed by atoms with Gasteiger partial charge in [0.15, 0.2) is 0 Å².